The Bertz CT molecular complexity index is 457. The monoisotopic (exact) mass is 251 g/mol. The molecule has 1 N–H and O–H groups in total. The minimum Gasteiger partial charge on any atom is -0.342 e. The van der Waals surface area contributed by atoms with Crippen LogP contribution < -0.4 is 5.32 Å². The van der Waals surface area contributed by atoms with E-state index < -0.39 is 0 Å². The lowest BCUT2D eigenvalue weighted by molar-refractivity contribution is 0.0917. The first kappa shape index (κ1) is 11.4. The highest BCUT2D eigenvalue weighted by Crippen LogP contribution is 2.25. The van der Waals surface area contributed by atoms with Crippen molar-refractivity contribution >= 4 is 28.6 Å². The average molecular weight is 251 g/mol. The van der Waals surface area contributed by atoms with Crippen molar-refractivity contribution in [2.45, 2.75) is 19.4 Å². The van der Waals surface area contributed by atoms with Gasteiger partial charge in [0.2, 0.25) is 0 Å². The number of rotatable bonds is 3. The van der Waals surface area contributed by atoms with E-state index in [1.807, 2.05) is 48.9 Å². The van der Waals surface area contributed by atoms with Gasteiger partial charge in [-0.1, -0.05) is 12.1 Å². The number of nitrogens with one attached hydrogen (secondary N) is 1. The number of carbonyl (C=O) groups excluding carboxylic acids is 1. The van der Waals surface area contributed by atoms with Crippen LogP contribution in [0.5, 0.6) is 0 Å². The van der Waals surface area contributed by atoms with Crippen molar-refractivity contribution in [1.82, 2.24) is 5.32 Å². The fourth-order valence-corrected chi connectivity index (χ4v) is 2.87. The highest BCUT2D eigenvalue weighted by Gasteiger charge is 2.24. The lowest BCUT2D eigenvalue weighted by atomic mass is 10.0. The minimum atomic E-state index is -0.310. The van der Waals surface area contributed by atoms with Crippen LogP contribution in [0.15, 0.2) is 35.0 Å². The van der Waals surface area contributed by atoms with Crippen LogP contribution in [0.25, 0.3) is 0 Å². The van der Waals surface area contributed by atoms with Crippen LogP contribution in [0.4, 0.5) is 0 Å². The third-order valence-corrected chi connectivity index (χ3v) is 4.37. The van der Waals surface area contributed by atoms with Crippen LogP contribution in [0.2, 0.25) is 0 Å². The van der Waals surface area contributed by atoms with Crippen molar-refractivity contribution in [3.63, 3.8) is 0 Å². The molecule has 84 valence electrons. The predicted molar refractivity (Wildman–Crippen MR) is 69.1 cm³/mol. The number of thiophene rings is 2. The molecule has 0 atom stereocenters. The Morgan fingerprint density at radius 2 is 1.88 bits per heavy atom. The second-order valence-corrected chi connectivity index (χ2v) is 5.93. The molecule has 0 aliphatic carbocycles. The molecular weight excluding hydrogens is 238 g/mol. The molecular formula is C12H13NOS2. The van der Waals surface area contributed by atoms with E-state index in [4.69, 9.17) is 0 Å². The number of carbonyl (C=O) groups is 1. The van der Waals surface area contributed by atoms with Crippen LogP contribution in [0, 0.1) is 0 Å². The third kappa shape index (κ3) is 2.33. The van der Waals surface area contributed by atoms with E-state index >= 15 is 0 Å². The van der Waals surface area contributed by atoms with Gasteiger partial charge in [-0.15, -0.1) is 22.7 Å². The maximum Gasteiger partial charge on any atom is 0.262 e. The molecule has 0 saturated heterocycles. The van der Waals surface area contributed by atoms with Gasteiger partial charge in [0.15, 0.2) is 0 Å². The zero-order chi connectivity index (χ0) is 11.6. The van der Waals surface area contributed by atoms with Gasteiger partial charge in [-0.05, 0) is 36.7 Å². The maximum absolute atomic E-state index is 11.9. The molecule has 2 nitrogen and oxygen atoms in total. The average Bonchev–Trinajstić information content (AvgIpc) is 2.91. The first-order valence-electron chi connectivity index (χ1n) is 4.99. The number of hydrogen-bond donors (Lipinski definition) is 1. The molecule has 0 saturated carbocycles. The lowest BCUT2D eigenvalue weighted by Gasteiger charge is -2.24. The highest BCUT2D eigenvalue weighted by atomic mass is 32.1. The maximum atomic E-state index is 11.9. The normalized spacial score (nSPS) is 11.4. The summed E-state index contributed by atoms with van der Waals surface area (Å²) >= 11 is 3.12. The minimum absolute atomic E-state index is 0.00611. The summed E-state index contributed by atoms with van der Waals surface area (Å²) in [5.74, 6) is -0.00611. The van der Waals surface area contributed by atoms with Gasteiger partial charge in [0.25, 0.3) is 5.91 Å². The summed E-state index contributed by atoms with van der Waals surface area (Å²) in [7, 11) is 0. The first-order chi connectivity index (χ1) is 7.59. The van der Waals surface area contributed by atoms with Gasteiger partial charge in [0, 0.05) is 4.88 Å². The molecule has 2 aromatic heterocycles. The molecule has 0 radical (unpaired) electrons. The number of hydrogen-bond acceptors (Lipinski definition) is 3. The molecule has 2 heterocycles. The van der Waals surface area contributed by atoms with Crippen LogP contribution in [0.3, 0.4) is 0 Å². The Morgan fingerprint density at radius 3 is 2.44 bits per heavy atom. The van der Waals surface area contributed by atoms with Crippen molar-refractivity contribution in [2.24, 2.45) is 0 Å². The zero-order valence-electron chi connectivity index (χ0n) is 9.19. The summed E-state index contributed by atoms with van der Waals surface area (Å²) in [5, 5.41) is 6.97. The summed E-state index contributed by atoms with van der Waals surface area (Å²) in [5.41, 5.74) is -0.310. The molecule has 0 aliphatic heterocycles. The third-order valence-electron chi connectivity index (χ3n) is 2.31. The fourth-order valence-electron chi connectivity index (χ4n) is 1.45. The first-order valence-corrected chi connectivity index (χ1v) is 6.75. The molecule has 0 bridgehead atoms. The topological polar surface area (TPSA) is 29.1 Å². The molecule has 0 aromatic carbocycles. The van der Waals surface area contributed by atoms with Gasteiger partial charge < -0.3 is 5.32 Å². The Labute approximate surface area is 103 Å². The molecule has 0 aliphatic rings. The van der Waals surface area contributed by atoms with Gasteiger partial charge in [0.1, 0.15) is 0 Å². The molecule has 0 fully saturated rings. The summed E-state index contributed by atoms with van der Waals surface area (Å²) in [6.45, 7) is 4.04. The molecule has 0 spiro atoms. The Kier molecular flexibility index (Phi) is 3.12. The second-order valence-electron chi connectivity index (χ2n) is 4.03. The van der Waals surface area contributed by atoms with Gasteiger partial charge in [0.05, 0.1) is 10.4 Å². The summed E-state index contributed by atoms with van der Waals surface area (Å²) in [6, 6.07) is 7.76. The van der Waals surface area contributed by atoms with E-state index in [1.54, 1.807) is 11.3 Å². The van der Waals surface area contributed by atoms with Gasteiger partial charge >= 0.3 is 0 Å². The van der Waals surface area contributed by atoms with Crippen molar-refractivity contribution in [1.29, 1.82) is 0 Å². The van der Waals surface area contributed by atoms with E-state index in [2.05, 4.69) is 5.32 Å². The molecule has 16 heavy (non-hydrogen) atoms. The fraction of sp³-hybridized carbons (Fsp3) is 0.250. The van der Waals surface area contributed by atoms with E-state index in [1.165, 1.54) is 11.3 Å². The zero-order valence-corrected chi connectivity index (χ0v) is 10.8. The van der Waals surface area contributed by atoms with Crippen LogP contribution in [-0.4, -0.2) is 5.91 Å². The summed E-state index contributed by atoms with van der Waals surface area (Å²) < 4.78 is 0. The Balaban J connectivity index is 2.13. The highest BCUT2D eigenvalue weighted by molar-refractivity contribution is 7.12. The second kappa shape index (κ2) is 4.39. The Hall–Kier alpha value is -1.13. The largest absolute Gasteiger partial charge is 0.342 e. The van der Waals surface area contributed by atoms with E-state index in [9.17, 15) is 4.79 Å². The van der Waals surface area contributed by atoms with Crippen LogP contribution in [0.1, 0.15) is 28.4 Å². The molecule has 0 unspecified atom stereocenters. The SMILES string of the molecule is CC(C)(NC(=O)c1cccs1)c1cccs1. The van der Waals surface area contributed by atoms with Gasteiger partial charge in [-0.3, -0.25) is 4.79 Å². The van der Waals surface area contributed by atoms with Crippen LogP contribution in [-0.2, 0) is 5.54 Å². The molecule has 4 heteroatoms. The molecule has 1 amide bonds. The molecule has 2 aromatic rings. The van der Waals surface area contributed by atoms with E-state index in [0.29, 0.717) is 0 Å². The van der Waals surface area contributed by atoms with Crippen molar-refractivity contribution in [3.8, 4) is 0 Å². The van der Waals surface area contributed by atoms with Crippen molar-refractivity contribution < 1.29 is 4.79 Å². The predicted octanol–water partition coefficient (Wildman–Crippen LogP) is 3.47. The molecule has 2 rings (SSSR count). The number of amides is 1. The summed E-state index contributed by atoms with van der Waals surface area (Å²) in [4.78, 5) is 13.8. The van der Waals surface area contributed by atoms with E-state index in [-0.39, 0.29) is 11.4 Å². The smallest absolute Gasteiger partial charge is 0.262 e. The summed E-state index contributed by atoms with van der Waals surface area (Å²) in [6.07, 6.45) is 0. The van der Waals surface area contributed by atoms with Gasteiger partial charge in [-0.25, -0.2) is 0 Å². The Morgan fingerprint density at radius 1 is 1.19 bits per heavy atom. The van der Waals surface area contributed by atoms with Crippen LogP contribution >= 0.6 is 22.7 Å². The quantitative estimate of drug-likeness (QED) is 0.889. The van der Waals surface area contributed by atoms with Crippen molar-refractivity contribution in [2.75, 3.05) is 0 Å². The standard InChI is InChI=1S/C12H13NOS2/c1-12(2,10-6-4-8-16-10)13-11(14)9-5-3-7-15-9/h3-8H,1-2H3,(H,13,14). The van der Waals surface area contributed by atoms with Crippen molar-refractivity contribution in [3.05, 3.63) is 44.8 Å². The van der Waals surface area contributed by atoms with E-state index in [0.717, 1.165) is 9.75 Å². The lowest BCUT2D eigenvalue weighted by Crippen LogP contribution is -2.40. The van der Waals surface area contributed by atoms with Gasteiger partial charge in [-0.2, -0.15) is 0 Å².